The van der Waals surface area contributed by atoms with Crippen molar-refractivity contribution in [2.45, 2.75) is 19.8 Å². The first-order chi connectivity index (χ1) is 11.1. The average Bonchev–Trinajstić information content (AvgIpc) is 2.55. The van der Waals surface area contributed by atoms with Gasteiger partial charge in [0.25, 0.3) is 11.5 Å². The fraction of sp³-hybridized carbons (Fsp3) is 0.167. The molecule has 5 heteroatoms. The van der Waals surface area contributed by atoms with E-state index in [1.165, 1.54) is 10.6 Å². The lowest BCUT2D eigenvalue weighted by atomic mass is 10.0. The summed E-state index contributed by atoms with van der Waals surface area (Å²) in [5.41, 5.74) is 1.89. The van der Waals surface area contributed by atoms with Gasteiger partial charge in [0.05, 0.1) is 0 Å². The molecule has 116 valence electrons. The smallest absolute Gasteiger partial charge is 0.270 e. The van der Waals surface area contributed by atoms with E-state index in [4.69, 9.17) is 0 Å². The van der Waals surface area contributed by atoms with E-state index >= 15 is 0 Å². The number of fused-ring (bicyclic) bond motifs is 1. The summed E-state index contributed by atoms with van der Waals surface area (Å²) in [5, 5.41) is 2.82. The number of aromatic nitrogens is 2. The molecular formula is C18H17N3O2. The quantitative estimate of drug-likeness (QED) is 0.809. The number of pyridine rings is 1. The molecule has 0 fully saturated rings. The largest absolute Gasteiger partial charge is 0.322 e. The Balaban J connectivity index is 1.99. The number of rotatable bonds is 3. The van der Waals surface area contributed by atoms with Gasteiger partial charge >= 0.3 is 0 Å². The third-order valence-corrected chi connectivity index (χ3v) is 3.69. The topological polar surface area (TPSA) is 63.5 Å². The fourth-order valence-electron chi connectivity index (χ4n) is 2.49. The van der Waals surface area contributed by atoms with Crippen LogP contribution in [0.2, 0.25) is 0 Å². The van der Waals surface area contributed by atoms with Gasteiger partial charge in [-0.2, -0.15) is 0 Å². The number of hydrogen-bond donors (Lipinski definition) is 1. The normalized spacial score (nSPS) is 10.9. The maximum Gasteiger partial charge on any atom is 0.270 e. The van der Waals surface area contributed by atoms with Crippen LogP contribution in [-0.2, 0) is 0 Å². The number of hydrogen-bond acceptors (Lipinski definition) is 3. The molecule has 0 spiro atoms. The van der Waals surface area contributed by atoms with E-state index < -0.39 is 5.91 Å². The van der Waals surface area contributed by atoms with Crippen molar-refractivity contribution in [2.75, 3.05) is 5.32 Å². The minimum Gasteiger partial charge on any atom is -0.322 e. The van der Waals surface area contributed by atoms with Crippen LogP contribution in [0, 0.1) is 0 Å². The lowest BCUT2D eigenvalue weighted by Gasteiger charge is -2.13. The first-order valence-corrected chi connectivity index (χ1v) is 7.44. The third kappa shape index (κ3) is 2.85. The second kappa shape index (κ2) is 6.04. The summed E-state index contributed by atoms with van der Waals surface area (Å²) in [7, 11) is 0. The summed E-state index contributed by atoms with van der Waals surface area (Å²) in [6, 6.07) is 12.8. The third-order valence-electron chi connectivity index (χ3n) is 3.69. The molecule has 0 bridgehead atoms. The van der Waals surface area contributed by atoms with Gasteiger partial charge in [-0.05, 0) is 29.7 Å². The SMILES string of the molecule is CC(C)c1ccccc1NC(=O)c1cnc2ccccn2c1=O. The molecule has 0 aliphatic carbocycles. The molecule has 2 aromatic heterocycles. The average molecular weight is 307 g/mol. The van der Waals surface area contributed by atoms with E-state index in [9.17, 15) is 9.59 Å². The molecule has 1 aromatic carbocycles. The Morgan fingerprint density at radius 3 is 2.65 bits per heavy atom. The van der Waals surface area contributed by atoms with Crippen LogP contribution in [0.5, 0.6) is 0 Å². The van der Waals surface area contributed by atoms with Gasteiger partial charge in [0.15, 0.2) is 0 Å². The Morgan fingerprint density at radius 1 is 1.13 bits per heavy atom. The maximum atomic E-state index is 12.5. The highest BCUT2D eigenvalue weighted by Crippen LogP contribution is 2.23. The molecule has 0 saturated carbocycles. The summed E-state index contributed by atoms with van der Waals surface area (Å²) >= 11 is 0. The van der Waals surface area contributed by atoms with Gasteiger partial charge in [-0.25, -0.2) is 4.98 Å². The van der Waals surface area contributed by atoms with Crippen LogP contribution in [0.25, 0.3) is 5.65 Å². The molecule has 2 heterocycles. The predicted octanol–water partition coefficient (Wildman–Crippen LogP) is 3.07. The summed E-state index contributed by atoms with van der Waals surface area (Å²) in [6.45, 7) is 4.11. The van der Waals surface area contributed by atoms with Gasteiger partial charge in [-0.3, -0.25) is 14.0 Å². The number of carbonyl (C=O) groups excluding carboxylic acids is 1. The zero-order chi connectivity index (χ0) is 16.4. The monoisotopic (exact) mass is 307 g/mol. The summed E-state index contributed by atoms with van der Waals surface area (Å²) in [5.74, 6) is -0.184. The van der Waals surface area contributed by atoms with Crippen molar-refractivity contribution >= 4 is 17.2 Å². The molecule has 0 atom stereocenters. The van der Waals surface area contributed by atoms with Gasteiger partial charge in [-0.1, -0.05) is 38.1 Å². The highest BCUT2D eigenvalue weighted by atomic mass is 16.2. The molecule has 1 amide bonds. The van der Waals surface area contributed by atoms with Crippen molar-refractivity contribution in [2.24, 2.45) is 0 Å². The van der Waals surface area contributed by atoms with Crippen molar-refractivity contribution in [1.82, 2.24) is 9.38 Å². The van der Waals surface area contributed by atoms with Crippen LogP contribution < -0.4 is 10.9 Å². The van der Waals surface area contributed by atoms with Gasteiger partial charge in [0.2, 0.25) is 0 Å². The number of anilines is 1. The number of amides is 1. The second-order valence-electron chi connectivity index (χ2n) is 5.60. The maximum absolute atomic E-state index is 12.5. The van der Waals surface area contributed by atoms with Gasteiger partial charge in [-0.15, -0.1) is 0 Å². The molecular weight excluding hydrogens is 290 g/mol. The second-order valence-corrected chi connectivity index (χ2v) is 5.60. The van der Waals surface area contributed by atoms with Crippen LogP contribution in [0.3, 0.4) is 0 Å². The lowest BCUT2D eigenvalue weighted by Crippen LogP contribution is -2.26. The Kier molecular flexibility index (Phi) is 3.93. The Hall–Kier alpha value is -2.95. The lowest BCUT2D eigenvalue weighted by molar-refractivity contribution is 0.102. The molecule has 23 heavy (non-hydrogen) atoms. The van der Waals surface area contributed by atoms with Crippen molar-refractivity contribution in [3.63, 3.8) is 0 Å². The van der Waals surface area contributed by atoms with E-state index in [0.29, 0.717) is 11.3 Å². The van der Waals surface area contributed by atoms with E-state index in [-0.39, 0.29) is 17.0 Å². The fourth-order valence-corrected chi connectivity index (χ4v) is 2.49. The molecule has 3 aromatic rings. The number of carbonyl (C=O) groups is 1. The van der Waals surface area contributed by atoms with Crippen molar-refractivity contribution in [3.8, 4) is 0 Å². The standard InChI is InChI=1S/C18H17N3O2/c1-12(2)13-7-3-4-8-15(13)20-17(22)14-11-19-16-9-5-6-10-21(16)18(14)23/h3-12H,1-2H3,(H,20,22). The first-order valence-electron chi connectivity index (χ1n) is 7.44. The molecule has 0 unspecified atom stereocenters. The molecule has 5 nitrogen and oxygen atoms in total. The van der Waals surface area contributed by atoms with E-state index in [1.807, 2.05) is 24.3 Å². The highest BCUT2D eigenvalue weighted by Gasteiger charge is 2.15. The highest BCUT2D eigenvalue weighted by molar-refractivity contribution is 6.04. The summed E-state index contributed by atoms with van der Waals surface area (Å²) in [6.07, 6.45) is 2.93. The van der Waals surface area contributed by atoms with Crippen molar-refractivity contribution < 1.29 is 4.79 Å². The summed E-state index contributed by atoms with van der Waals surface area (Å²) < 4.78 is 1.36. The number of nitrogens with zero attached hydrogens (tertiary/aromatic N) is 2. The molecule has 0 saturated heterocycles. The minimum absolute atomic E-state index is 0.0206. The van der Waals surface area contributed by atoms with Crippen molar-refractivity contribution in [1.29, 1.82) is 0 Å². The van der Waals surface area contributed by atoms with Crippen molar-refractivity contribution in [3.05, 3.63) is 76.3 Å². The zero-order valence-corrected chi connectivity index (χ0v) is 13.0. The molecule has 1 N–H and O–H groups in total. The molecule has 0 radical (unpaired) electrons. The first kappa shape index (κ1) is 15.0. The molecule has 0 aliphatic rings. The van der Waals surface area contributed by atoms with Gasteiger partial charge in [0.1, 0.15) is 11.2 Å². The minimum atomic E-state index is -0.450. The number of nitrogens with one attached hydrogen (secondary N) is 1. The molecule has 0 aliphatic heterocycles. The molecule has 3 rings (SSSR count). The Bertz CT molecular complexity index is 929. The van der Waals surface area contributed by atoms with Gasteiger partial charge in [0, 0.05) is 18.1 Å². The zero-order valence-electron chi connectivity index (χ0n) is 13.0. The Labute approximate surface area is 133 Å². The summed E-state index contributed by atoms with van der Waals surface area (Å²) in [4.78, 5) is 29.1. The van der Waals surface area contributed by atoms with Crippen LogP contribution in [0.1, 0.15) is 35.7 Å². The van der Waals surface area contributed by atoms with E-state index in [0.717, 1.165) is 5.56 Å². The van der Waals surface area contributed by atoms with Gasteiger partial charge < -0.3 is 5.32 Å². The van der Waals surface area contributed by atoms with Crippen LogP contribution in [-0.4, -0.2) is 15.3 Å². The van der Waals surface area contributed by atoms with Crippen LogP contribution >= 0.6 is 0 Å². The van der Waals surface area contributed by atoms with Crippen LogP contribution in [0.4, 0.5) is 5.69 Å². The van der Waals surface area contributed by atoms with E-state index in [1.54, 1.807) is 24.4 Å². The van der Waals surface area contributed by atoms with Crippen LogP contribution in [0.15, 0.2) is 59.7 Å². The number of benzene rings is 1. The predicted molar refractivity (Wildman–Crippen MR) is 89.9 cm³/mol. The number of para-hydroxylation sites is 1. The van der Waals surface area contributed by atoms with E-state index in [2.05, 4.69) is 24.1 Å². The Morgan fingerprint density at radius 2 is 1.87 bits per heavy atom.